The minimum Gasteiger partial charge on any atom is -0.313 e. The predicted octanol–water partition coefficient (Wildman–Crippen LogP) is 2.98. The smallest absolute Gasteiger partial charge is 0.0226 e. The highest BCUT2D eigenvalue weighted by molar-refractivity contribution is 6.25. The number of halogens is 2. The Bertz CT molecular complexity index is 134. The van der Waals surface area contributed by atoms with E-state index in [1.54, 1.807) is 5.54 Å². The molecule has 0 aromatic heterocycles. The fourth-order valence-corrected chi connectivity index (χ4v) is 1.29. The normalized spacial score (nSPS) is 14.8. The van der Waals surface area contributed by atoms with E-state index in [1.165, 1.54) is 0 Å². The van der Waals surface area contributed by atoms with Crippen LogP contribution in [-0.4, -0.2) is 19.0 Å². The van der Waals surface area contributed by atoms with Crippen molar-refractivity contribution in [2.75, 3.05) is 19.0 Å². The average Bonchev–Trinajstić information content (AvgIpc) is 2.04. The van der Waals surface area contributed by atoms with E-state index in [9.17, 15) is 0 Å². The lowest BCUT2D eigenvalue weighted by atomic mass is 10.1. The highest BCUT2D eigenvalue weighted by atomic mass is 35.5. The van der Waals surface area contributed by atoms with E-state index in [1.807, 2.05) is 6.92 Å². The Kier molecular flexibility index (Phi) is 8.09. The first-order valence-electron chi connectivity index (χ1n) is 4.23. The maximum Gasteiger partial charge on any atom is 0.0226 e. The molecule has 0 heterocycles. The molecular formula is C9H17Cl2N. The van der Waals surface area contributed by atoms with Gasteiger partial charge in [0, 0.05) is 18.0 Å². The second-order valence-corrected chi connectivity index (χ2v) is 3.77. The summed E-state index contributed by atoms with van der Waals surface area (Å²) in [6.07, 6.45) is 1.07. The Labute approximate surface area is 85.1 Å². The van der Waals surface area contributed by atoms with E-state index < -0.39 is 0 Å². The molecule has 0 aliphatic rings. The zero-order chi connectivity index (χ0) is 9.40. The second kappa shape index (κ2) is 7.90. The zero-order valence-electron chi connectivity index (χ0n) is 7.74. The first kappa shape index (κ1) is 12.3. The molecule has 0 saturated heterocycles. The third kappa shape index (κ3) is 6.96. The number of hydrogen-bond acceptors (Lipinski definition) is 1. The lowest BCUT2D eigenvalue weighted by Crippen LogP contribution is -2.23. The molecule has 72 valence electrons. The molecule has 0 aliphatic heterocycles. The summed E-state index contributed by atoms with van der Waals surface area (Å²) in [4.78, 5) is 0. The molecule has 1 nitrogen and oxygen atoms in total. The van der Waals surface area contributed by atoms with Crippen LogP contribution in [-0.2, 0) is 0 Å². The molecule has 0 aromatic rings. The Morgan fingerprint density at radius 3 is 2.75 bits per heavy atom. The summed E-state index contributed by atoms with van der Waals surface area (Å²) in [7, 11) is 0. The van der Waals surface area contributed by atoms with Crippen LogP contribution in [0.15, 0.2) is 11.1 Å². The summed E-state index contributed by atoms with van der Waals surface area (Å²) >= 11 is 11.1. The third-order valence-corrected chi connectivity index (χ3v) is 2.28. The van der Waals surface area contributed by atoms with Gasteiger partial charge in [-0.2, -0.15) is 0 Å². The Morgan fingerprint density at radius 2 is 2.25 bits per heavy atom. The number of rotatable bonds is 6. The standard InChI is InChI=1S/C9H17Cl2N/c1-8(3-4-10)6-12-7-9(2)5-11/h5,8,12H,3-4,6-7H2,1-2H3. The fraction of sp³-hybridized carbons (Fsp3) is 0.778. The van der Waals surface area contributed by atoms with Crippen molar-refractivity contribution in [3.8, 4) is 0 Å². The van der Waals surface area contributed by atoms with Crippen molar-refractivity contribution >= 4 is 23.2 Å². The van der Waals surface area contributed by atoms with Gasteiger partial charge < -0.3 is 5.32 Å². The van der Waals surface area contributed by atoms with Crippen molar-refractivity contribution < 1.29 is 0 Å². The van der Waals surface area contributed by atoms with Crippen LogP contribution in [0.4, 0.5) is 0 Å². The van der Waals surface area contributed by atoms with E-state index in [0.717, 1.165) is 31.0 Å². The first-order chi connectivity index (χ1) is 5.70. The minimum atomic E-state index is 0.644. The van der Waals surface area contributed by atoms with Gasteiger partial charge in [-0.3, -0.25) is 0 Å². The molecule has 0 rings (SSSR count). The van der Waals surface area contributed by atoms with Gasteiger partial charge in [-0.05, 0) is 31.4 Å². The van der Waals surface area contributed by atoms with Crippen molar-refractivity contribution in [3.63, 3.8) is 0 Å². The van der Waals surface area contributed by atoms with E-state index in [0.29, 0.717) is 5.92 Å². The van der Waals surface area contributed by atoms with Crippen LogP contribution in [0.5, 0.6) is 0 Å². The van der Waals surface area contributed by atoms with Crippen molar-refractivity contribution in [1.29, 1.82) is 0 Å². The van der Waals surface area contributed by atoms with E-state index in [2.05, 4.69) is 12.2 Å². The van der Waals surface area contributed by atoms with Gasteiger partial charge >= 0.3 is 0 Å². The van der Waals surface area contributed by atoms with Crippen LogP contribution in [0.1, 0.15) is 20.3 Å². The molecule has 0 bridgehead atoms. The van der Waals surface area contributed by atoms with E-state index in [4.69, 9.17) is 23.2 Å². The van der Waals surface area contributed by atoms with Crippen LogP contribution < -0.4 is 5.32 Å². The molecule has 1 atom stereocenters. The van der Waals surface area contributed by atoms with Gasteiger partial charge in [0.25, 0.3) is 0 Å². The van der Waals surface area contributed by atoms with Gasteiger partial charge in [-0.1, -0.05) is 18.5 Å². The van der Waals surface area contributed by atoms with Gasteiger partial charge in [0.05, 0.1) is 0 Å². The summed E-state index contributed by atoms with van der Waals surface area (Å²) < 4.78 is 0. The summed E-state index contributed by atoms with van der Waals surface area (Å²) in [6.45, 7) is 6.08. The number of hydrogen-bond donors (Lipinski definition) is 1. The highest BCUT2D eigenvalue weighted by Crippen LogP contribution is 2.01. The topological polar surface area (TPSA) is 12.0 Å². The molecule has 12 heavy (non-hydrogen) atoms. The molecular weight excluding hydrogens is 193 g/mol. The molecule has 1 unspecified atom stereocenters. The molecule has 1 N–H and O–H groups in total. The molecule has 0 aromatic carbocycles. The Morgan fingerprint density at radius 1 is 1.58 bits per heavy atom. The molecule has 3 heteroatoms. The second-order valence-electron chi connectivity index (χ2n) is 3.17. The van der Waals surface area contributed by atoms with Crippen LogP contribution >= 0.6 is 23.2 Å². The largest absolute Gasteiger partial charge is 0.313 e. The van der Waals surface area contributed by atoms with Gasteiger partial charge in [0.15, 0.2) is 0 Å². The minimum absolute atomic E-state index is 0.644. The van der Waals surface area contributed by atoms with Gasteiger partial charge in [-0.25, -0.2) is 0 Å². The summed E-state index contributed by atoms with van der Waals surface area (Å²) in [5, 5.41) is 3.31. The maximum absolute atomic E-state index is 5.60. The zero-order valence-corrected chi connectivity index (χ0v) is 9.25. The molecule has 0 radical (unpaired) electrons. The van der Waals surface area contributed by atoms with Crippen LogP contribution in [0.25, 0.3) is 0 Å². The van der Waals surface area contributed by atoms with Gasteiger partial charge in [0.1, 0.15) is 0 Å². The monoisotopic (exact) mass is 209 g/mol. The maximum atomic E-state index is 5.60. The summed E-state index contributed by atoms with van der Waals surface area (Å²) in [6, 6.07) is 0. The molecule has 0 aliphatic carbocycles. The van der Waals surface area contributed by atoms with Crippen LogP contribution in [0, 0.1) is 5.92 Å². The fourth-order valence-electron chi connectivity index (χ4n) is 0.843. The summed E-state index contributed by atoms with van der Waals surface area (Å²) in [5.74, 6) is 1.39. The Balaban J connectivity index is 3.30. The van der Waals surface area contributed by atoms with Crippen molar-refractivity contribution in [3.05, 3.63) is 11.1 Å². The number of alkyl halides is 1. The summed E-state index contributed by atoms with van der Waals surface area (Å²) in [5.41, 5.74) is 2.77. The van der Waals surface area contributed by atoms with Gasteiger partial charge in [-0.15, -0.1) is 11.6 Å². The van der Waals surface area contributed by atoms with Crippen molar-refractivity contribution in [2.24, 2.45) is 5.92 Å². The molecule has 0 spiro atoms. The lowest BCUT2D eigenvalue weighted by Gasteiger charge is -2.10. The molecule has 0 fully saturated rings. The first-order valence-corrected chi connectivity index (χ1v) is 5.20. The van der Waals surface area contributed by atoms with Crippen LogP contribution in [0.3, 0.4) is 0 Å². The Hall–Kier alpha value is 0.280. The average molecular weight is 210 g/mol. The van der Waals surface area contributed by atoms with Crippen molar-refractivity contribution in [2.45, 2.75) is 20.3 Å². The molecule has 0 saturated carbocycles. The van der Waals surface area contributed by atoms with Crippen molar-refractivity contribution in [1.82, 2.24) is 5.32 Å². The van der Waals surface area contributed by atoms with Gasteiger partial charge in [0.2, 0.25) is 0 Å². The third-order valence-electron chi connectivity index (χ3n) is 1.68. The molecule has 0 amide bonds. The highest BCUT2D eigenvalue weighted by Gasteiger charge is 1.99. The van der Waals surface area contributed by atoms with E-state index >= 15 is 0 Å². The SMILES string of the molecule is CC(=CCl)CNCC(C)CCCl. The lowest BCUT2D eigenvalue weighted by molar-refractivity contribution is 0.515. The quantitative estimate of drug-likeness (QED) is 0.664. The predicted molar refractivity (Wildman–Crippen MR) is 57.0 cm³/mol. The number of nitrogens with one attached hydrogen (secondary N) is 1. The van der Waals surface area contributed by atoms with Crippen LogP contribution in [0.2, 0.25) is 0 Å². The van der Waals surface area contributed by atoms with E-state index in [-0.39, 0.29) is 0 Å².